The van der Waals surface area contributed by atoms with Gasteiger partial charge in [0.05, 0.1) is 6.10 Å². The van der Waals surface area contributed by atoms with Crippen LogP contribution in [0.25, 0.3) is 0 Å². The van der Waals surface area contributed by atoms with Gasteiger partial charge in [-0.1, -0.05) is 0 Å². The second-order valence-electron chi connectivity index (χ2n) is 5.70. The fourth-order valence-corrected chi connectivity index (χ4v) is 2.46. The molecule has 1 heterocycles. The number of rotatable bonds is 6. The largest absolute Gasteiger partial charge is 0.481 e. The van der Waals surface area contributed by atoms with Crippen LogP contribution in [0.3, 0.4) is 0 Å². The van der Waals surface area contributed by atoms with Crippen LogP contribution in [0.2, 0.25) is 0 Å². The van der Waals surface area contributed by atoms with Crippen LogP contribution in [0, 0.1) is 5.92 Å². The molecule has 1 saturated heterocycles. The van der Waals surface area contributed by atoms with Crippen LogP contribution >= 0.6 is 0 Å². The van der Waals surface area contributed by atoms with Gasteiger partial charge >= 0.3 is 12.0 Å². The van der Waals surface area contributed by atoms with E-state index in [1.165, 1.54) is 0 Å². The van der Waals surface area contributed by atoms with Crippen LogP contribution in [0.4, 0.5) is 4.79 Å². The number of aliphatic hydroxyl groups is 1. The van der Waals surface area contributed by atoms with Crippen molar-refractivity contribution < 1.29 is 19.8 Å². The predicted molar refractivity (Wildman–Crippen MR) is 75.5 cm³/mol. The average molecular weight is 286 g/mol. The van der Waals surface area contributed by atoms with Crippen molar-refractivity contribution in [3.05, 3.63) is 0 Å². The number of carbonyl (C=O) groups is 2. The molecule has 1 aliphatic rings. The molecule has 116 valence electrons. The maximum absolute atomic E-state index is 12.2. The molecule has 0 aromatic heterocycles. The third kappa shape index (κ3) is 5.77. The summed E-state index contributed by atoms with van der Waals surface area (Å²) in [6, 6.07) is 0.00216. The topological polar surface area (TPSA) is 81.1 Å². The lowest BCUT2D eigenvalue weighted by Gasteiger charge is -2.34. The molecule has 0 bridgehead atoms. The highest BCUT2D eigenvalue weighted by Gasteiger charge is 2.25. The van der Waals surface area contributed by atoms with Gasteiger partial charge in [-0.15, -0.1) is 0 Å². The maximum Gasteiger partial charge on any atom is 0.319 e. The minimum Gasteiger partial charge on any atom is -0.481 e. The van der Waals surface area contributed by atoms with Gasteiger partial charge in [-0.3, -0.25) is 4.79 Å². The van der Waals surface area contributed by atoms with E-state index in [0.717, 1.165) is 12.8 Å². The van der Waals surface area contributed by atoms with Gasteiger partial charge in [-0.2, -0.15) is 0 Å². The molecule has 1 atom stereocenters. The molecule has 0 saturated carbocycles. The molecular weight excluding hydrogens is 260 g/mol. The van der Waals surface area contributed by atoms with Crippen LogP contribution in [-0.4, -0.2) is 64.8 Å². The summed E-state index contributed by atoms with van der Waals surface area (Å²) in [5.74, 6) is -0.334. The van der Waals surface area contributed by atoms with E-state index in [1.807, 2.05) is 4.90 Å². The highest BCUT2D eigenvalue weighted by atomic mass is 16.4. The molecule has 2 amide bonds. The summed E-state index contributed by atoms with van der Waals surface area (Å²) in [6.07, 6.45) is 2.86. The minimum absolute atomic E-state index is 0.00216. The first-order valence-corrected chi connectivity index (χ1v) is 7.30. The van der Waals surface area contributed by atoms with E-state index in [9.17, 15) is 14.7 Å². The summed E-state index contributed by atoms with van der Waals surface area (Å²) in [5.41, 5.74) is 0. The lowest BCUT2D eigenvalue weighted by molar-refractivity contribution is -0.137. The normalized spacial score (nSPS) is 17.9. The molecule has 0 aromatic rings. The van der Waals surface area contributed by atoms with Crippen molar-refractivity contribution in [2.75, 3.05) is 26.7 Å². The van der Waals surface area contributed by atoms with Crippen molar-refractivity contribution in [2.45, 2.75) is 45.1 Å². The van der Waals surface area contributed by atoms with Gasteiger partial charge in [0.25, 0.3) is 0 Å². The van der Waals surface area contributed by atoms with Gasteiger partial charge in [0, 0.05) is 33.1 Å². The number of amides is 2. The number of aliphatic hydroxyl groups excluding tert-OH is 1. The number of hydrogen-bond acceptors (Lipinski definition) is 3. The van der Waals surface area contributed by atoms with Crippen LogP contribution in [0.15, 0.2) is 0 Å². The van der Waals surface area contributed by atoms with Crippen molar-refractivity contribution in [2.24, 2.45) is 5.92 Å². The summed E-state index contributed by atoms with van der Waals surface area (Å²) in [4.78, 5) is 26.2. The summed E-state index contributed by atoms with van der Waals surface area (Å²) < 4.78 is 0. The van der Waals surface area contributed by atoms with Crippen molar-refractivity contribution in [1.29, 1.82) is 0 Å². The number of nitrogens with zero attached hydrogens (tertiary/aromatic N) is 2. The van der Waals surface area contributed by atoms with Crippen LogP contribution in [0.1, 0.15) is 39.0 Å². The number of carboxylic acid groups (broad SMARTS) is 1. The van der Waals surface area contributed by atoms with Gasteiger partial charge in [0.2, 0.25) is 0 Å². The Morgan fingerprint density at radius 2 is 1.95 bits per heavy atom. The van der Waals surface area contributed by atoms with Crippen molar-refractivity contribution in [1.82, 2.24) is 9.80 Å². The molecule has 0 aromatic carbocycles. The lowest BCUT2D eigenvalue weighted by atomic mass is 9.92. The summed E-state index contributed by atoms with van der Waals surface area (Å²) in [6.45, 7) is 3.66. The van der Waals surface area contributed by atoms with Crippen LogP contribution in [0.5, 0.6) is 0 Å². The van der Waals surface area contributed by atoms with E-state index in [-0.39, 0.29) is 12.5 Å². The molecule has 1 fully saturated rings. The molecule has 0 aliphatic carbocycles. The fourth-order valence-electron chi connectivity index (χ4n) is 2.46. The second kappa shape index (κ2) is 8.09. The molecule has 1 rings (SSSR count). The van der Waals surface area contributed by atoms with E-state index >= 15 is 0 Å². The Kier molecular flexibility index (Phi) is 6.78. The molecule has 1 aliphatic heterocycles. The second-order valence-corrected chi connectivity index (χ2v) is 5.70. The first-order chi connectivity index (χ1) is 9.40. The van der Waals surface area contributed by atoms with Gasteiger partial charge < -0.3 is 20.0 Å². The van der Waals surface area contributed by atoms with Crippen LogP contribution < -0.4 is 0 Å². The Morgan fingerprint density at radius 1 is 1.35 bits per heavy atom. The number of likely N-dealkylation sites (tertiary alicyclic amines) is 1. The quantitative estimate of drug-likeness (QED) is 0.773. The molecular formula is C14H26N2O4. The van der Waals surface area contributed by atoms with Gasteiger partial charge in [0.1, 0.15) is 0 Å². The predicted octanol–water partition coefficient (Wildman–Crippen LogP) is 1.39. The SMILES string of the molecule is CC(O)CCN(C)C(=O)N1CCC(CCC(=O)O)CC1. The number of piperidine rings is 1. The van der Waals surface area contributed by atoms with Gasteiger partial charge in [-0.05, 0) is 38.5 Å². The zero-order valence-electron chi connectivity index (χ0n) is 12.4. The van der Waals surface area contributed by atoms with E-state index in [2.05, 4.69) is 0 Å². The monoisotopic (exact) mass is 286 g/mol. The Morgan fingerprint density at radius 3 is 2.45 bits per heavy atom. The maximum atomic E-state index is 12.2. The van der Waals surface area contributed by atoms with E-state index < -0.39 is 12.1 Å². The van der Waals surface area contributed by atoms with Gasteiger partial charge in [0.15, 0.2) is 0 Å². The first kappa shape index (κ1) is 16.8. The van der Waals surface area contributed by atoms with E-state index in [1.54, 1.807) is 18.9 Å². The number of urea groups is 1. The van der Waals surface area contributed by atoms with E-state index in [0.29, 0.717) is 38.4 Å². The zero-order chi connectivity index (χ0) is 15.1. The lowest BCUT2D eigenvalue weighted by Crippen LogP contribution is -2.45. The summed E-state index contributed by atoms with van der Waals surface area (Å²) in [5, 5.41) is 17.9. The highest BCUT2D eigenvalue weighted by molar-refractivity contribution is 5.74. The zero-order valence-corrected chi connectivity index (χ0v) is 12.4. The molecule has 6 heteroatoms. The van der Waals surface area contributed by atoms with Crippen LogP contribution in [-0.2, 0) is 4.79 Å². The number of aliphatic carboxylic acids is 1. The van der Waals surface area contributed by atoms with Crippen molar-refractivity contribution in [3.8, 4) is 0 Å². The number of hydrogen-bond donors (Lipinski definition) is 2. The Hall–Kier alpha value is -1.30. The smallest absolute Gasteiger partial charge is 0.319 e. The summed E-state index contributed by atoms with van der Waals surface area (Å²) in [7, 11) is 1.75. The number of carboxylic acids is 1. The first-order valence-electron chi connectivity index (χ1n) is 7.30. The van der Waals surface area contributed by atoms with E-state index in [4.69, 9.17) is 5.11 Å². The highest BCUT2D eigenvalue weighted by Crippen LogP contribution is 2.22. The minimum atomic E-state index is -0.749. The summed E-state index contributed by atoms with van der Waals surface area (Å²) >= 11 is 0. The third-order valence-corrected chi connectivity index (χ3v) is 3.86. The molecule has 6 nitrogen and oxygen atoms in total. The molecule has 0 radical (unpaired) electrons. The van der Waals surface area contributed by atoms with Crippen molar-refractivity contribution >= 4 is 12.0 Å². The molecule has 2 N–H and O–H groups in total. The molecule has 0 spiro atoms. The Bertz CT molecular complexity index is 325. The average Bonchev–Trinajstić information content (AvgIpc) is 2.42. The fraction of sp³-hybridized carbons (Fsp3) is 0.857. The Balaban J connectivity index is 2.29. The third-order valence-electron chi connectivity index (χ3n) is 3.86. The number of carbonyl (C=O) groups excluding carboxylic acids is 1. The van der Waals surface area contributed by atoms with Crippen molar-refractivity contribution in [3.63, 3.8) is 0 Å². The molecule has 20 heavy (non-hydrogen) atoms. The standard InChI is InChI=1S/C14H26N2O4/c1-11(17)5-8-15(2)14(20)16-9-6-12(7-10-16)3-4-13(18)19/h11-12,17H,3-10H2,1-2H3,(H,18,19). The van der Waals surface area contributed by atoms with Gasteiger partial charge in [-0.25, -0.2) is 4.79 Å². The molecule has 1 unspecified atom stereocenters. The Labute approximate surface area is 120 Å².